The molecule has 9 heteroatoms. The molecule has 28 heavy (non-hydrogen) atoms. The lowest BCUT2D eigenvalue weighted by atomic mass is 9.99. The number of likely N-dealkylation sites (N-methyl/N-ethyl adjacent to an activating group) is 1. The van der Waals surface area contributed by atoms with Gasteiger partial charge in [-0.15, -0.1) is 0 Å². The highest BCUT2D eigenvalue weighted by Crippen LogP contribution is 2.42. The number of ether oxygens (including phenoxy) is 1. The Bertz CT molecular complexity index is 1090. The highest BCUT2D eigenvalue weighted by atomic mass is 19.1. The first-order valence-electron chi connectivity index (χ1n) is 9.35. The van der Waals surface area contributed by atoms with E-state index in [0.717, 1.165) is 6.42 Å². The molecule has 2 aromatic rings. The van der Waals surface area contributed by atoms with Gasteiger partial charge in [-0.25, -0.2) is 15.8 Å². The second kappa shape index (κ2) is 6.95. The molecule has 1 aromatic heterocycles. The predicted octanol–water partition coefficient (Wildman–Crippen LogP) is 1.12. The minimum Gasteiger partial charge on any atom is -0.487 e. The molecule has 3 heterocycles. The Morgan fingerprint density at radius 3 is 3.00 bits per heavy atom. The molecular formula is C19H22FN5O3. The summed E-state index contributed by atoms with van der Waals surface area (Å²) in [4.78, 5) is 32.3. The number of hydrogen-bond acceptors (Lipinski definition) is 5. The predicted molar refractivity (Wildman–Crippen MR) is 104 cm³/mol. The quantitative estimate of drug-likeness (QED) is 0.768. The van der Waals surface area contributed by atoms with E-state index in [1.807, 2.05) is 18.9 Å². The number of rotatable bonds is 4. The Morgan fingerprint density at radius 1 is 1.50 bits per heavy atom. The van der Waals surface area contributed by atoms with Crippen molar-refractivity contribution in [2.24, 2.45) is 5.92 Å². The number of aromatic nitrogens is 2. The lowest BCUT2D eigenvalue weighted by Crippen LogP contribution is -2.38. The molecule has 0 amide bonds. The molecule has 0 saturated carbocycles. The Kier molecular flexibility index (Phi) is 4.59. The van der Waals surface area contributed by atoms with Gasteiger partial charge in [0.2, 0.25) is 6.54 Å². The maximum Gasteiger partial charge on any atom is 0.329 e. The summed E-state index contributed by atoms with van der Waals surface area (Å²) in [7, 11) is 1.83. The SMILES string of the molecule is [C-]#[N+]CC(NC)C1CCN(c2c(F)cc3c(=O)[nH]c(=O)n4c3c2OC[C@@H]4C)C1. The third kappa shape index (κ3) is 2.76. The third-order valence-electron chi connectivity index (χ3n) is 5.79. The van der Waals surface area contributed by atoms with Gasteiger partial charge in [0.1, 0.15) is 17.8 Å². The van der Waals surface area contributed by atoms with Crippen molar-refractivity contribution in [2.45, 2.75) is 25.4 Å². The smallest absolute Gasteiger partial charge is 0.329 e. The minimum absolute atomic E-state index is 0.0318. The zero-order valence-corrected chi connectivity index (χ0v) is 15.8. The monoisotopic (exact) mass is 387 g/mol. The van der Waals surface area contributed by atoms with E-state index in [4.69, 9.17) is 11.3 Å². The molecule has 8 nitrogen and oxygen atoms in total. The third-order valence-corrected chi connectivity index (χ3v) is 5.79. The van der Waals surface area contributed by atoms with Crippen molar-refractivity contribution >= 4 is 16.6 Å². The summed E-state index contributed by atoms with van der Waals surface area (Å²) >= 11 is 0. The summed E-state index contributed by atoms with van der Waals surface area (Å²) in [6.07, 6.45) is 0.816. The fourth-order valence-corrected chi connectivity index (χ4v) is 4.37. The van der Waals surface area contributed by atoms with E-state index in [1.165, 1.54) is 10.6 Å². The highest BCUT2D eigenvalue weighted by molar-refractivity contribution is 5.91. The van der Waals surface area contributed by atoms with Crippen molar-refractivity contribution in [3.8, 4) is 5.75 Å². The topological polar surface area (TPSA) is 83.7 Å². The fraction of sp³-hybridized carbons (Fsp3) is 0.526. The number of nitrogens with zero attached hydrogens (tertiary/aromatic N) is 3. The van der Waals surface area contributed by atoms with Crippen molar-refractivity contribution in [3.05, 3.63) is 44.1 Å². The molecule has 2 N–H and O–H groups in total. The van der Waals surface area contributed by atoms with Gasteiger partial charge in [-0.05, 0) is 26.5 Å². The molecule has 3 atom stereocenters. The van der Waals surface area contributed by atoms with Crippen LogP contribution in [-0.4, -0.2) is 48.9 Å². The van der Waals surface area contributed by atoms with Crippen molar-refractivity contribution in [3.63, 3.8) is 0 Å². The summed E-state index contributed by atoms with van der Waals surface area (Å²) < 4.78 is 22.4. The van der Waals surface area contributed by atoms with Crippen LogP contribution in [0.25, 0.3) is 15.7 Å². The average molecular weight is 387 g/mol. The van der Waals surface area contributed by atoms with E-state index in [1.54, 1.807) is 0 Å². The Morgan fingerprint density at radius 2 is 2.29 bits per heavy atom. The van der Waals surface area contributed by atoms with E-state index in [9.17, 15) is 9.59 Å². The van der Waals surface area contributed by atoms with Crippen LogP contribution in [-0.2, 0) is 0 Å². The molecule has 0 radical (unpaired) electrons. The van der Waals surface area contributed by atoms with E-state index in [-0.39, 0.29) is 35.7 Å². The first kappa shape index (κ1) is 18.5. The molecule has 1 fully saturated rings. The summed E-state index contributed by atoms with van der Waals surface area (Å²) in [6, 6.07) is 0.951. The van der Waals surface area contributed by atoms with E-state index in [2.05, 4.69) is 15.1 Å². The molecule has 2 aliphatic heterocycles. The van der Waals surface area contributed by atoms with Gasteiger partial charge in [0.05, 0.1) is 17.5 Å². The van der Waals surface area contributed by atoms with Crippen LogP contribution < -0.4 is 26.2 Å². The standard InChI is InChI=1S/C19H22FN5O3/c1-10-9-28-17-15-12(18(26)23-19(27)25(10)15)6-13(20)16(17)24-5-4-11(8-24)14(22-3)7-21-2/h6,10-11,14,22H,4-5,7-9H2,1,3H3,(H,23,26,27)/t10-,11?,14?/m0/s1. The second-order valence-corrected chi connectivity index (χ2v) is 7.45. The van der Waals surface area contributed by atoms with Crippen LogP contribution in [0.5, 0.6) is 5.75 Å². The molecule has 2 aliphatic rings. The number of halogens is 1. The maximum absolute atomic E-state index is 15.1. The van der Waals surface area contributed by atoms with Gasteiger partial charge in [0.25, 0.3) is 5.56 Å². The zero-order valence-electron chi connectivity index (χ0n) is 15.8. The van der Waals surface area contributed by atoms with E-state index in [0.29, 0.717) is 30.8 Å². The molecule has 0 bridgehead atoms. The van der Waals surface area contributed by atoms with Crippen molar-refractivity contribution in [2.75, 3.05) is 38.2 Å². The number of hydrogen-bond donors (Lipinski definition) is 2. The number of H-pyrrole nitrogens is 1. The van der Waals surface area contributed by atoms with Crippen LogP contribution in [0.2, 0.25) is 0 Å². The highest BCUT2D eigenvalue weighted by Gasteiger charge is 2.35. The largest absolute Gasteiger partial charge is 0.487 e. The number of nitrogens with one attached hydrogen (secondary N) is 2. The van der Waals surface area contributed by atoms with E-state index >= 15 is 4.39 Å². The molecule has 4 rings (SSSR count). The number of aromatic amines is 1. The lowest BCUT2D eigenvalue weighted by molar-refractivity contribution is 0.242. The molecule has 0 aliphatic carbocycles. The lowest BCUT2D eigenvalue weighted by Gasteiger charge is -2.30. The zero-order chi connectivity index (χ0) is 20.0. The average Bonchev–Trinajstić information content (AvgIpc) is 3.13. The maximum atomic E-state index is 15.1. The van der Waals surface area contributed by atoms with Gasteiger partial charge in [0, 0.05) is 19.0 Å². The summed E-state index contributed by atoms with van der Waals surface area (Å²) in [6.45, 7) is 10.7. The van der Waals surface area contributed by atoms with Crippen molar-refractivity contribution in [1.29, 1.82) is 0 Å². The van der Waals surface area contributed by atoms with Crippen LogP contribution in [0.4, 0.5) is 10.1 Å². The Balaban J connectivity index is 1.84. The van der Waals surface area contributed by atoms with Crippen LogP contribution in [0.15, 0.2) is 15.7 Å². The fourth-order valence-electron chi connectivity index (χ4n) is 4.37. The Labute approximate surface area is 160 Å². The molecule has 0 spiro atoms. The van der Waals surface area contributed by atoms with Crippen molar-refractivity contribution in [1.82, 2.24) is 14.9 Å². The van der Waals surface area contributed by atoms with Crippen LogP contribution in [0.1, 0.15) is 19.4 Å². The second-order valence-electron chi connectivity index (χ2n) is 7.45. The van der Waals surface area contributed by atoms with Crippen molar-refractivity contribution < 1.29 is 9.13 Å². The first-order chi connectivity index (χ1) is 13.5. The molecule has 148 valence electrons. The van der Waals surface area contributed by atoms with Gasteiger partial charge in [0.15, 0.2) is 11.6 Å². The van der Waals surface area contributed by atoms with Gasteiger partial charge < -0.3 is 19.8 Å². The van der Waals surface area contributed by atoms with Gasteiger partial charge in [-0.3, -0.25) is 14.3 Å². The normalized spacial score (nSPS) is 22.1. The van der Waals surface area contributed by atoms with Crippen LogP contribution in [0.3, 0.4) is 0 Å². The molecule has 1 aromatic carbocycles. The summed E-state index contributed by atoms with van der Waals surface area (Å²) in [5.41, 5.74) is -0.497. The summed E-state index contributed by atoms with van der Waals surface area (Å²) in [5.74, 6) is -0.0898. The molecular weight excluding hydrogens is 365 g/mol. The van der Waals surface area contributed by atoms with Gasteiger partial charge in [-0.1, -0.05) is 0 Å². The number of anilines is 1. The summed E-state index contributed by atoms with van der Waals surface area (Å²) in [5, 5.41) is 3.28. The minimum atomic E-state index is -0.618. The number of benzene rings is 1. The van der Waals surface area contributed by atoms with Gasteiger partial charge in [-0.2, -0.15) is 0 Å². The molecule has 1 saturated heterocycles. The van der Waals surface area contributed by atoms with Gasteiger partial charge >= 0.3 is 5.69 Å². The van der Waals surface area contributed by atoms with E-state index < -0.39 is 17.1 Å². The van der Waals surface area contributed by atoms with Crippen LogP contribution in [0, 0.1) is 18.3 Å². The first-order valence-corrected chi connectivity index (χ1v) is 9.35. The molecule has 2 unspecified atom stereocenters. The Hall–Kier alpha value is -2.86. The van der Waals surface area contributed by atoms with Crippen LogP contribution >= 0.6 is 0 Å².